The molecule has 0 aliphatic carbocycles. The SMILES string of the molecule is CC(C)CC(CN)CC(=O)N(C)CC1CCCOC1. The summed E-state index contributed by atoms with van der Waals surface area (Å²) < 4.78 is 5.46. The number of hydrogen-bond acceptors (Lipinski definition) is 3. The van der Waals surface area contributed by atoms with Crippen LogP contribution in [0, 0.1) is 17.8 Å². The maximum Gasteiger partial charge on any atom is 0.222 e. The minimum absolute atomic E-state index is 0.224. The van der Waals surface area contributed by atoms with E-state index in [-0.39, 0.29) is 5.91 Å². The van der Waals surface area contributed by atoms with Crippen LogP contribution in [0.2, 0.25) is 0 Å². The second-order valence-electron chi connectivity index (χ2n) is 6.29. The molecule has 0 aromatic rings. The summed E-state index contributed by atoms with van der Waals surface area (Å²) in [6.45, 7) is 7.44. The molecule has 0 aromatic carbocycles. The molecule has 0 saturated carbocycles. The van der Waals surface area contributed by atoms with E-state index in [2.05, 4.69) is 13.8 Å². The summed E-state index contributed by atoms with van der Waals surface area (Å²) in [5.41, 5.74) is 5.76. The molecule has 2 unspecified atom stereocenters. The summed E-state index contributed by atoms with van der Waals surface area (Å²) in [6, 6.07) is 0. The van der Waals surface area contributed by atoms with Gasteiger partial charge < -0.3 is 15.4 Å². The molecule has 19 heavy (non-hydrogen) atoms. The zero-order valence-corrected chi connectivity index (χ0v) is 12.7. The molecule has 1 rings (SSSR count). The first-order chi connectivity index (χ1) is 9.02. The number of nitrogens with zero attached hydrogens (tertiary/aromatic N) is 1. The van der Waals surface area contributed by atoms with Gasteiger partial charge in [0.1, 0.15) is 0 Å². The van der Waals surface area contributed by atoms with E-state index in [0.717, 1.165) is 32.6 Å². The highest BCUT2D eigenvalue weighted by Gasteiger charge is 2.21. The minimum Gasteiger partial charge on any atom is -0.381 e. The summed E-state index contributed by atoms with van der Waals surface area (Å²) in [5.74, 6) is 1.64. The third kappa shape index (κ3) is 6.39. The first kappa shape index (κ1) is 16.4. The van der Waals surface area contributed by atoms with Crippen LogP contribution in [0.15, 0.2) is 0 Å². The van der Waals surface area contributed by atoms with E-state index in [1.165, 1.54) is 6.42 Å². The van der Waals surface area contributed by atoms with Crippen molar-refractivity contribution in [2.75, 3.05) is 33.4 Å². The van der Waals surface area contributed by atoms with Crippen LogP contribution in [-0.2, 0) is 9.53 Å². The van der Waals surface area contributed by atoms with Crippen LogP contribution in [0.25, 0.3) is 0 Å². The molecule has 0 bridgehead atoms. The third-order valence-electron chi connectivity index (χ3n) is 3.81. The van der Waals surface area contributed by atoms with Crippen LogP contribution < -0.4 is 5.73 Å². The summed E-state index contributed by atoms with van der Waals surface area (Å²) >= 11 is 0. The second kappa shape index (κ2) is 8.54. The zero-order chi connectivity index (χ0) is 14.3. The molecule has 112 valence electrons. The lowest BCUT2D eigenvalue weighted by Crippen LogP contribution is -2.36. The molecule has 4 nitrogen and oxygen atoms in total. The molecular formula is C15H30N2O2. The summed E-state index contributed by atoms with van der Waals surface area (Å²) in [6.07, 6.45) is 3.90. The molecular weight excluding hydrogens is 240 g/mol. The van der Waals surface area contributed by atoms with E-state index in [1.54, 1.807) is 0 Å². The van der Waals surface area contributed by atoms with Crippen molar-refractivity contribution < 1.29 is 9.53 Å². The van der Waals surface area contributed by atoms with E-state index in [4.69, 9.17) is 10.5 Å². The molecule has 0 aromatic heterocycles. The van der Waals surface area contributed by atoms with Gasteiger partial charge in [-0.25, -0.2) is 0 Å². The molecule has 1 aliphatic heterocycles. The molecule has 1 saturated heterocycles. The highest BCUT2D eigenvalue weighted by atomic mass is 16.5. The van der Waals surface area contributed by atoms with Gasteiger partial charge >= 0.3 is 0 Å². The Morgan fingerprint density at radius 2 is 2.21 bits per heavy atom. The van der Waals surface area contributed by atoms with E-state index >= 15 is 0 Å². The van der Waals surface area contributed by atoms with Crippen molar-refractivity contribution >= 4 is 5.91 Å². The summed E-state index contributed by atoms with van der Waals surface area (Å²) in [7, 11) is 1.90. The number of hydrogen-bond donors (Lipinski definition) is 1. The molecule has 1 heterocycles. The Bertz CT molecular complexity index is 263. The molecule has 1 aliphatic rings. The van der Waals surface area contributed by atoms with Crippen LogP contribution in [0.3, 0.4) is 0 Å². The van der Waals surface area contributed by atoms with Gasteiger partial charge in [0.05, 0.1) is 6.61 Å². The number of rotatable bonds is 7. The average Bonchev–Trinajstić information content (AvgIpc) is 2.38. The lowest BCUT2D eigenvalue weighted by atomic mass is 9.93. The van der Waals surface area contributed by atoms with Gasteiger partial charge in [-0.2, -0.15) is 0 Å². The Hall–Kier alpha value is -0.610. The second-order valence-corrected chi connectivity index (χ2v) is 6.29. The molecule has 4 heteroatoms. The first-order valence-electron chi connectivity index (χ1n) is 7.54. The first-order valence-corrected chi connectivity index (χ1v) is 7.54. The van der Waals surface area contributed by atoms with Crippen LogP contribution in [0.5, 0.6) is 0 Å². The van der Waals surface area contributed by atoms with Gasteiger partial charge in [0.2, 0.25) is 5.91 Å². The normalized spacial score (nSPS) is 21.4. The molecule has 2 atom stereocenters. The van der Waals surface area contributed by atoms with Crippen molar-refractivity contribution in [3.63, 3.8) is 0 Å². The number of carbonyl (C=O) groups is 1. The highest BCUT2D eigenvalue weighted by molar-refractivity contribution is 5.76. The van der Waals surface area contributed by atoms with Crippen LogP contribution in [0.1, 0.15) is 39.5 Å². The minimum atomic E-state index is 0.224. The molecule has 1 amide bonds. The zero-order valence-electron chi connectivity index (χ0n) is 12.7. The number of carbonyl (C=O) groups excluding carboxylic acids is 1. The largest absolute Gasteiger partial charge is 0.381 e. The van der Waals surface area contributed by atoms with Crippen molar-refractivity contribution in [3.05, 3.63) is 0 Å². The molecule has 0 spiro atoms. The Balaban J connectivity index is 2.33. The van der Waals surface area contributed by atoms with E-state index in [1.807, 2.05) is 11.9 Å². The van der Waals surface area contributed by atoms with Crippen LogP contribution >= 0.6 is 0 Å². The van der Waals surface area contributed by atoms with Crippen LogP contribution in [-0.4, -0.2) is 44.2 Å². The van der Waals surface area contributed by atoms with Gasteiger partial charge in [0.25, 0.3) is 0 Å². The monoisotopic (exact) mass is 270 g/mol. The standard InChI is InChI=1S/C15H30N2O2/c1-12(2)7-14(9-16)8-15(18)17(3)10-13-5-4-6-19-11-13/h12-14H,4-11,16H2,1-3H3. The fraction of sp³-hybridized carbons (Fsp3) is 0.933. The summed E-state index contributed by atoms with van der Waals surface area (Å²) in [5, 5.41) is 0. The van der Waals surface area contributed by atoms with Crippen molar-refractivity contribution in [1.29, 1.82) is 0 Å². The lowest BCUT2D eigenvalue weighted by molar-refractivity contribution is -0.132. The fourth-order valence-corrected chi connectivity index (χ4v) is 2.77. The van der Waals surface area contributed by atoms with Crippen molar-refractivity contribution in [3.8, 4) is 0 Å². The Morgan fingerprint density at radius 1 is 1.47 bits per heavy atom. The number of amides is 1. The van der Waals surface area contributed by atoms with E-state index < -0.39 is 0 Å². The lowest BCUT2D eigenvalue weighted by Gasteiger charge is -2.28. The smallest absolute Gasteiger partial charge is 0.222 e. The van der Waals surface area contributed by atoms with Crippen molar-refractivity contribution in [2.45, 2.75) is 39.5 Å². The third-order valence-corrected chi connectivity index (χ3v) is 3.81. The Morgan fingerprint density at radius 3 is 2.74 bits per heavy atom. The number of ether oxygens (including phenoxy) is 1. The topological polar surface area (TPSA) is 55.6 Å². The fourth-order valence-electron chi connectivity index (χ4n) is 2.77. The average molecular weight is 270 g/mol. The molecule has 0 radical (unpaired) electrons. The van der Waals surface area contributed by atoms with Gasteiger partial charge in [-0.15, -0.1) is 0 Å². The van der Waals surface area contributed by atoms with Gasteiger partial charge in [0, 0.05) is 26.6 Å². The maximum absolute atomic E-state index is 12.2. The van der Waals surface area contributed by atoms with Crippen molar-refractivity contribution in [2.24, 2.45) is 23.5 Å². The predicted octanol–water partition coefficient (Wildman–Crippen LogP) is 1.88. The van der Waals surface area contributed by atoms with Crippen molar-refractivity contribution in [1.82, 2.24) is 4.90 Å². The van der Waals surface area contributed by atoms with Gasteiger partial charge in [-0.05, 0) is 43.6 Å². The Kier molecular flexibility index (Phi) is 7.39. The predicted molar refractivity (Wildman–Crippen MR) is 77.8 cm³/mol. The summed E-state index contributed by atoms with van der Waals surface area (Å²) in [4.78, 5) is 14.1. The molecule has 1 fully saturated rings. The maximum atomic E-state index is 12.2. The van der Waals surface area contributed by atoms with Gasteiger partial charge in [0.15, 0.2) is 0 Å². The molecule has 2 N–H and O–H groups in total. The Labute approximate surface area is 117 Å². The highest BCUT2D eigenvalue weighted by Crippen LogP contribution is 2.18. The van der Waals surface area contributed by atoms with Crippen LogP contribution in [0.4, 0.5) is 0 Å². The van der Waals surface area contributed by atoms with E-state index in [0.29, 0.717) is 30.7 Å². The number of nitrogens with two attached hydrogens (primary N) is 1. The van der Waals surface area contributed by atoms with E-state index in [9.17, 15) is 4.79 Å². The van der Waals surface area contributed by atoms with Gasteiger partial charge in [-0.1, -0.05) is 13.8 Å². The van der Waals surface area contributed by atoms with Gasteiger partial charge in [-0.3, -0.25) is 4.79 Å². The quantitative estimate of drug-likeness (QED) is 0.768.